The zero-order chi connectivity index (χ0) is 15.9. The summed E-state index contributed by atoms with van der Waals surface area (Å²) in [5.74, 6) is 0. The summed E-state index contributed by atoms with van der Waals surface area (Å²) < 4.78 is 5.42. The van der Waals surface area contributed by atoms with Crippen molar-refractivity contribution in [1.29, 1.82) is 0 Å². The topological polar surface area (TPSA) is 67.6 Å². The van der Waals surface area contributed by atoms with Gasteiger partial charge in [0.2, 0.25) is 0 Å². The molecule has 1 amide bonds. The molecule has 1 heterocycles. The monoisotopic (exact) mass is 313 g/mol. The van der Waals surface area contributed by atoms with Crippen LogP contribution in [0.4, 0.5) is 10.5 Å². The predicted molar refractivity (Wildman–Crippen MR) is 88.5 cm³/mol. The van der Waals surface area contributed by atoms with Gasteiger partial charge in [-0.2, -0.15) is 0 Å². The number of rotatable bonds is 7. The van der Waals surface area contributed by atoms with Gasteiger partial charge in [0.1, 0.15) is 5.60 Å². The SMILES string of the molecule is CCCN(CCNCc1sccc1N)C(=O)OC(C)(C)C. The molecule has 1 aromatic heterocycles. The number of ether oxygens (including phenoxy) is 1. The van der Waals surface area contributed by atoms with Gasteiger partial charge in [-0.25, -0.2) is 4.79 Å². The smallest absolute Gasteiger partial charge is 0.410 e. The zero-order valence-electron chi connectivity index (χ0n) is 13.4. The van der Waals surface area contributed by atoms with Crippen molar-refractivity contribution in [2.75, 3.05) is 25.4 Å². The van der Waals surface area contributed by atoms with Crippen molar-refractivity contribution >= 4 is 23.1 Å². The number of carbonyl (C=O) groups is 1. The molecule has 0 bridgehead atoms. The quantitative estimate of drug-likeness (QED) is 0.759. The number of nitrogen functional groups attached to an aromatic ring is 1. The molecule has 0 unspecified atom stereocenters. The summed E-state index contributed by atoms with van der Waals surface area (Å²) in [5.41, 5.74) is 6.20. The lowest BCUT2D eigenvalue weighted by Crippen LogP contribution is -2.40. The van der Waals surface area contributed by atoms with Crippen molar-refractivity contribution < 1.29 is 9.53 Å². The first-order valence-corrected chi connectivity index (χ1v) is 8.22. The molecular formula is C15H27N3O2S. The van der Waals surface area contributed by atoms with Crippen molar-refractivity contribution in [3.63, 3.8) is 0 Å². The van der Waals surface area contributed by atoms with Crippen LogP contribution in [0.3, 0.4) is 0 Å². The number of nitrogens with one attached hydrogen (secondary N) is 1. The van der Waals surface area contributed by atoms with Crippen LogP contribution in [-0.2, 0) is 11.3 Å². The van der Waals surface area contributed by atoms with Crippen LogP contribution in [0.25, 0.3) is 0 Å². The minimum Gasteiger partial charge on any atom is -0.444 e. The fraction of sp³-hybridized carbons (Fsp3) is 0.667. The van der Waals surface area contributed by atoms with Crippen LogP contribution in [0.1, 0.15) is 39.0 Å². The first kappa shape index (κ1) is 17.8. The highest BCUT2D eigenvalue weighted by Crippen LogP contribution is 2.18. The Morgan fingerprint density at radius 1 is 1.43 bits per heavy atom. The molecule has 6 heteroatoms. The molecule has 0 saturated carbocycles. The molecule has 21 heavy (non-hydrogen) atoms. The molecule has 0 radical (unpaired) electrons. The largest absolute Gasteiger partial charge is 0.444 e. The molecule has 1 aromatic rings. The van der Waals surface area contributed by atoms with E-state index in [1.165, 1.54) is 0 Å². The number of anilines is 1. The lowest BCUT2D eigenvalue weighted by atomic mass is 10.2. The third kappa shape index (κ3) is 6.82. The van der Waals surface area contributed by atoms with E-state index in [0.29, 0.717) is 13.1 Å². The molecular weight excluding hydrogens is 286 g/mol. The number of nitrogens with zero attached hydrogens (tertiary/aromatic N) is 1. The van der Waals surface area contributed by atoms with Gasteiger partial charge in [0, 0.05) is 36.7 Å². The van der Waals surface area contributed by atoms with Crippen LogP contribution in [0.15, 0.2) is 11.4 Å². The van der Waals surface area contributed by atoms with E-state index in [1.54, 1.807) is 16.2 Å². The van der Waals surface area contributed by atoms with E-state index in [0.717, 1.165) is 30.1 Å². The highest BCUT2D eigenvalue weighted by molar-refractivity contribution is 7.10. The number of hydrogen-bond acceptors (Lipinski definition) is 5. The molecule has 0 saturated heterocycles. The van der Waals surface area contributed by atoms with Crippen molar-refractivity contribution in [1.82, 2.24) is 10.2 Å². The summed E-state index contributed by atoms with van der Waals surface area (Å²) in [6.45, 7) is 10.5. The summed E-state index contributed by atoms with van der Waals surface area (Å²) in [4.78, 5) is 15.0. The molecule has 0 spiro atoms. The molecule has 5 nitrogen and oxygen atoms in total. The molecule has 3 N–H and O–H groups in total. The van der Waals surface area contributed by atoms with E-state index in [9.17, 15) is 4.79 Å². The van der Waals surface area contributed by atoms with Crippen molar-refractivity contribution in [2.24, 2.45) is 0 Å². The third-order valence-electron chi connectivity index (χ3n) is 2.77. The fourth-order valence-electron chi connectivity index (χ4n) is 1.80. The summed E-state index contributed by atoms with van der Waals surface area (Å²) in [6, 6.07) is 1.91. The van der Waals surface area contributed by atoms with Crippen LogP contribution in [-0.4, -0.2) is 36.2 Å². The summed E-state index contributed by atoms with van der Waals surface area (Å²) in [5, 5.41) is 5.30. The molecule has 0 aromatic carbocycles. The van der Waals surface area contributed by atoms with Crippen molar-refractivity contribution in [3.8, 4) is 0 Å². The second-order valence-electron chi connectivity index (χ2n) is 5.94. The van der Waals surface area contributed by atoms with E-state index in [-0.39, 0.29) is 6.09 Å². The number of carbonyl (C=O) groups excluding carboxylic acids is 1. The summed E-state index contributed by atoms with van der Waals surface area (Å²) >= 11 is 1.64. The Morgan fingerprint density at radius 2 is 2.14 bits per heavy atom. The van der Waals surface area contributed by atoms with Crippen LogP contribution >= 0.6 is 11.3 Å². The normalized spacial score (nSPS) is 11.4. The number of nitrogens with two attached hydrogens (primary N) is 1. The molecule has 0 aliphatic carbocycles. The van der Waals surface area contributed by atoms with E-state index in [4.69, 9.17) is 10.5 Å². The Balaban J connectivity index is 2.37. The summed E-state index contributed by atoms with van der Waals surface area (Å²) in [7, 11) is 0. The second kappa shape index (κ2) is 8.24. The minimum absolute atomic E-state index is 0.248. The second-order valence-corrected chi connectivity index (χ2v) is 6.94. The number of amides is 1. The fourth-order valence-corrected chi connectivity index (χ4v) is 2.57. The van der Waals surface area contributed by atoms with E-state index < -0.39 is 5.60 Å². The van der Waals surface area contributed by atoms with Gasteiger partial charge < -0.3 is 20.7 Å². The van der Waals surface area contributed by atoms with E-state index >= 15 is 0 Å². The maximum Gasteiger partial charge on any atom is 0.410 e. The molecule has 0 aliphatic heterocycles. The van der Waals surface area contributed by atoms with Gasteiger partial charge in [-0.05, 0) is 38.6 Å². The third-order valence-corrected chi connectivity index (χ3v) is 3.71. The first-order valence-electron chi connectivity index (χ1n) is 7.34. The lowest BCUT2D eigenvalue weighted by Gasteiger charge is -2.27. The Kier molecular flexibility index (Phi) is 6.98. The van der Waals surface area contributed by atoms with Gasteiger partial charge in [-0.3, -0.25) is 0 Å². The highest BCUT2D eigenvalue weighted by atomic mass is 32.1. The highest BCUT2D eigenvalue weighted by Gasteiger charge is 2.21. The zero-order valence-corrected chi connectivity index (χ0v) is 14.3. The van der Waals surface area contributed by atoms with Crippen LogP contribution in [0.5, 0.6) is 0 Å². The minimum atomic E-state index is -0.456. The van der Waals surface area contributed by atoms with Gasteiger partial charge >= 0.3 is 6.09 Å². The van der Waals surface area contributed by atoms with Gasteiger partial charge in [-0.15, -0.1) is 11.3 Å². The standard InChI is InChI=1S/C15H27N3O2S/c1-5-8-18(14(19)20-15(2,3)4)9-7-17-11-13-12(16)6-10-21-13/h6,10,17H,5,7-9,11,16H2,1-4H3. The predicted octanol–water partition coefficient (Wildman–Crippen LogP) is 3.07. The molecule has 0 aliphatic rings. The maximum atomic E-state index is 12.1. The van der Waals surface area contributed by atoms with Crippen molar-refractivity contribution in [3.05, 3.63) is 16.3 Å². The van der Waals surface area contributed by atoms with Crippen LogP contribution in [0.2, 0.25) is 0 Å². The van der Waals surface area contributed by atoms with Gasteiger partial charge in [0.25, 0.3) is 0 Å². The van der Waals surface area contributed by atoms with Gasteiger partial charge in [0.05, 0.1) is 0 Å². The van der Waals surface area contributed by atoms with Gasteiger partial charge in [0.15, 0.2) is 0 Å². The summed E-state index contributed by atoms with van der Waals surface area (Å²) in [6.07, 6.45) is 0.665. The average molecular weight is 313 g/mol. The van der Waals surface area contributed by atoms with Gasteiger partial charge in [-0.1, -0.05) is 6.92 Å². The Hall–Kier alpha value is -1.27. The first-order chi connectivity index (χ1) is 9.83. The average Bonchev–Trinajstić information content (AvgIpc) is 2.76. The van der Waals surface area contributed by atoms with Crippen LogP contribution < -0.4 is 11.1 Å². The van der Waals surface area contributed by atoms with Crippen molar-refractivity contribution in [2.45, 2.75) is 46.3 Å². The Bertz CT molecular complexity index is 440. The molecule has 120 valence electrons. The molecule has 1 rings (SSSR count). The van der Waals surface area contributed by atoms with E-state index in [2.05, 4.69) is 12.2 Å². The van der Waals surface area contributed by atoms with Crippen LogP contribution in [0, 0.1) is 0 Å². The Morgan fingerprint density at radius 3 is 2.67 bits per heavy atom. The number of hydrogen-bond donors (Lipinski definition) is 2. The lowest BCUT2D eigenvalue weighted by molar-refractivity contribution is 0.0252. The molecule has 0 atom stereocenters. The number of thiophene rings is 1. The van der Waals surface area contributed by atoms with E-state index in [1.807, 2.05) is 32.2 Å². The maximum absolute atomic E-state index is 12.1. The Labute approximate surface area is 131 Å². The molecule has 0 fully saturated rings.